The van der Waals surface area contributed by atoms with Crippen LogP contribution < -0.4 is 10.1 Å². The molecule has 3 rings (SSSR count). The van der Waals surface area contributed by atoms with Gasteiger partial charge < -0.3 is 10.1 Å². The molecule has 0 saturated carbocycles. The fourth-order valence-corrected chi connectivity index (χ4v) is 5.33. The van der Waals surface area contributed by atoms with E-state index in [0.29, 0.717) is 12.4 Å². The van der Waals surface area contributed by atoms with E-state index in [1.165, 1.54) is 18.2 Å². The maximum absolute atomic E-state index is 13.5. The van der Waals surface area contributed by atoms with Gasteiger partial charge in [-0.3, -0.25) is 4.79 Å². The first kappa shape index (κ1) is 26.2. The molecule has 6 nitrogen and oxygen atoms in total. The number of rotatable bonds is 10. The van der Waals surface area contributed by atoms with Gasteiger partial charge in [-0.2, -0.15) is 4.31 Å². The fourth-order valence-electron chi connectivity index (χ4n) is 3.36. The number of halogens is 2. The topological polar surface area (TPSA) is 75.7 Å². The summed E-state index contributed by atoms with van der Waals surface area (Å²) in [5.74, 6) is -0.00856. The summed E-state index contributed by atoms with van der Waals surface area (Å²) >= 11 is 9.64. The summed E-state index contributed by atoms with van der Waals surface area (Å²) in [4.78, 5) is 12.9. The Balaban J connectivity index is 1.85. The molecule has 0 aliphatic rings. The molecule has 0 spiro atoms. The highest BCUT2D eigenvalue weighted by Crippen LogP contribution is 2.29. The molecule has 180 valence electrons. The van der Waals surface area contributed by atoms with Crippen LogP contribution in [0.1, 0.15) is 31.0 Å². The van der Waals surface area contributed by atoms with Crippen molar-refractivity contribution in [1.82, 2.24) is 9.62 Å². The van der Waals surface area contributed by atoms with Gasteiger partial charge in [-0.05, 0) is 55.3 Å². The summed E-state index contributed by atoms with van der Waals surface area (Å²) in [7, 11) is -4.03. The first-order valence-electron chi connectivity index (χ1n) is 10.7. The Morgan fingerprint density at radius 1 is 1.09 bits per heavy atom. The average molecular weight is 566 g/mol. The van der Waals surface area contributed by atoms with E-state index in [0.717, 1.165) is 19.9 Å². The van der Waals surface area contributed by atoms with Crippen LogP contribution in [0, 0.1) is 0 Å². The summed E-state index contributed by atoms with van der Waals surface area (Å²) < 4.78 is 34.6. The standard InChI is InChI=1S/C25H26BrClN2O4S/c1-3-33-24-14-13-22(15-23(24)27)34(31,32)29(16-19-7-5-4-6-8-19)17-25(30)28-18(2)20-9-11-21(26)12-10-20/h4-15,18H,3,16-17H2,1-2H3,(H,28,30). The third kappa shape index (κ3) is 6.82. The molecule has 1 atom stereocenters. The lowest BCUT2D eigenvalue weighted by atomic mass is 10.1. The van der Waals surface area contributed by atoms with Crippen molar-refractivity contribution in [3.8, 4) is 5.75 Å². The van der Waals surface area contributed by atoms with Gasteiger partial charge >= 0.3 is 0 Å². The first-order valence-corrected chi connectivity index (χ1v) is 13.3. The number of sulfonamides is 1. The van der Waals surface area contributed by atoms with Crippen LogP contribution >= 0.6 is 27.5 Å². The molecule has 9 heteroatoms. The van der Waals surface area contributed by atoms with Crippen LogP contribution in [0.15, 0.2) is 82.2 Å². The number of ether oxygens (including phenoxy) is 1. The van der Waals surface area contributed by atoms with Crippen molar-refractivity contribution in [2.24, 2.45) is 0 Å². The number of nitrogens with zero attached hydrogens (tertiary/aromatic N) is 1. The highest BCUT2D eigenvalue weighted by Gasteiger charge is 2.28. The normalized spacial score (nSPS) is 12.4. The Morgan fingerprint density at radius 3 is 2.38 bits per heavy atom. The van der Waals surface area contributed by atoms with E-state index in [1.807, 2.05) is 68.4 Å². The predicted molar refractivity (Wildman–Crippen MR) is 137 cm³/mol. The van der Waals surface area contributed by atoms with E-state index in [1.54, 1.807) is 0 Å². The quantitative estimate of drug-likeness (QED) is 0.349. The highest BCUT2D eigenvalue weighted by molar-refractivity contribution is 9.10. The van der Waals surface area contributed by atoms with Crippen molar-refractivity contribution in [3.63, 3.8) is 0 Å². The second-order valence-electron chi connectivity index (χ2n) is 7.62. The third-order valence-corrected chi connectivity index (χ3v) is 7.72. The van der Waals surface area contributed by atoms with Crippen molar-refractivity contribution in [3.05, 3.63) is 93.4 Å². The molecule has 0 radical (unpaired) electrons. The Kier molecular flexibility index (Phi) is 9.13. The summed E-state index contributed by atoms with van der Waals surface area (Å²) in [5, 5.41) is 3.08. The van der Waals surface area contributed by atoms with Gasteiger partial charge in [0.25, 0.3) is 0 Å². The van der Waals surface area contributed by atoms with Crippen LogP contribution in [0.3, 0.4) is 0 Å². The second-order valence-corrected chi connectivity index (χ2v) is 10.9. The number of amides is 1. The molecule has 3 aromatic rings. The minimum atomic E-state index is -4.03. The molecule has 34 heavy (non-hydrogen) atoms. The zero-order valence-electron chi connectivity index (χ0n) is 18.9. The molecule has 0 heterocycles. The van der Waals surface area contributed by atoms with Crippen LogP contribution in [0.25, 0.3) is 0 Å². The van der Waals surface area contributed by atoms with Crippen molar-refractivity contribution in [2.45, 2.75) is 31.3 Å². The Bertz CT molecular complexity index is 1220. The minimum absolute atomic E-state index is 0.00866. The average Bonchev–Trinajstić information content (AvgIpc) is 2.81. The number of carbonyl (C=O) groups excluding carboxylic acids is 1. The lowest BCUT2D eigenvalue weighted by Gasteiger charge is -2.23. The largest absolute Gasteiger partial charge is 0.492 e. The van der Waals surface area contributed by atoms with E-state index in [4.69, 9.17) is 16.3 Å². The molecule has 0 saturated heterocycles. The van der Waals surface area contributed by atoms with Gasteiger partial charge in [-0.15, -0.1) is 0 Å². The molecule has 1 N–H and O–H groups in total. The highest BCUT2D eigenvalue weighted by atomic mass is 79.9. The SMILES string of the molecule is CCOc1ccc(S(=O)(=O)N(CC(=O)NC(C)c2ccc(Br)cc2)Cc2ccccc2)cc1Cl. The van der Waals surface area contributed by atoms with Crippen molar-refractivity contribution >= 4 is 43.5 Å². The summed E-state index contributed by atoms with van der Waals surface area (Å²) in [6.45, 7) is 3.76. The molecule has 1 unspecified atom stereocenters. The predicted octanol–water partition coefficient (Wildman–Crippen LogP) is 5.57. The number of hydrogen-bond donors (Lipinski definition) is 1. The van der Waals surface area contributed by atoms with E-state index < -0.39 is 15.9 Å². The van der Waals surface area contributed by atoms with Crippen LogP contribution in [-0.2, 0) is 21.4 Å². The number of hydrogen-bond acceptors (Lipinski definition) is 4. The first-order chi connectivity index (χ1) is 16.2. The second kappa shape index (κ2) is 11.8. The summed E-state index contributed by atoms with van der Waals surface area (Å²) in [5.41, 5.74) is 1.67. The molecule has 0 aliphatic carbocycles. The van der Waals surface area contributed by atoms with Gasteiger partial charge in [0, 0.05) is 11.0 Å². The molecule has 1 amide bonds. The third-order valence-electron chi connectivity index (χ3n) is 5.11. The lowest BCUT2D eigenvalue weighted by Crippen LogP contribution is -2.41. The van der Waals surface area contributed by atoms with E-state index >= 15 is 0 Å². The van der Waals surface area contributed by atoms with E-state index in [2.05, 4.69) is 21.2 Å². The fraction of sp³-hybridized carbons (Fsp3) is 0.240. The van der Waals surface area contributed by atoms with Crippen LogP contribution in [0.2, 0.25) is 5.02 Å². The molecular weight excluding hydrogens is 540 g/mol. The van der Waals surface area contributed by atoms with Crippen LogP contribution in [-0.4, -0.2) is 31.8 Å². The maximum Gasteiger partial charge on any atom is 0.243 e. The van der Waals surface area contributed by atoms with E-state index in [9.17, 15) is 13.2 Å². The molecule has 3 aromatic carbocycles. The van der Waals surface area contributed by atoms with Crippen molar-refractivity contribution in [2.75, 3.05) is 13.2 Å². The Labute approximate surface area is 214 Å². The van der Waals surface area contributed by atoms with Crippen molar-refractivity contribution in [1.29, 1.82) is 0 Å². The molecule has 0 fully saturated rings. The molecule has 0 bridgehead atoms. The summed E-state index contributed by atoms with van der Waals surface area (Å²) in [6.07, 6.45) is 0. The minimum Gasteiger partial charge on any atom is -0.492 e. The molecular formula is C25H26BrClN2O4S. The van der Waals surface area contributed by atoms with Gasteiger partial charge in [-0.25, -0.2) is 8.42 Å². The van der Waals surface area contributed by atoms with Crippen LogP contribution in [0.4, 0.5) is 0 Å². The van der Waals surface area contributed by atoms with Gasteiger partial charge in [-0.1, -0.05) is 70.0 Å². The Hall–Kier alpha value is -2.39. The zero-order valence-corrected chi connectivity index (χ0v) is 22.0. The number of benzene rings is 3. The zero-order chi connectivity index (χ0) is 24.7. The van der Waals surface area contributed by atoms with E-state index in [-0.39, 0.29) is 29.0 Å². The van der Waals surface area contributed by atoms with Gasteiger partial charge in [0.15, 0.2) is 0 Å². The lowest BCUT2D eigenvalue weighted by molar-refractivity contribution is -0.122. The van der Waals surface area contributed by atoms with Crippen molar-refractivity contribution < 1.29 is 17.9 Å². The van der Waals surface area contributed by atoms with Gasteiger partial charge in [0.2, 0.25) is 15.9 Å². The summed E-state index contributed by atoms with van der Waals surface area (Å²) in [6, 6.07) is 20.7. The van der Waals surface area contributed by atoms with Gasteiger partial charge in [0.05, 0.1) is 29.1 Å². The molecule has 0 aromatic heterocycles. The number of carbonyl (C=O) groups is 1. The Morgan fingerprint density at radius 2 is 1.76 bits per heavy atom. The van der Waals surface area contributed by atoms with Gasteiger partial charge in [0.1, 0.15) is 5.75 Å². The maximum atomic E-state index is 13.5. The van der Waals surface area contributed by atoms with Crippen LogP contribution in [0.5, 0.6) is 5.75 Å². The monoisotopic (exact) mass is 564 g/mol. The smallest absolute Gasteiger partial charge is 0.243 e. The molecule has 0 aliphatic heterocycles. The number of nitrogens with one attached hydrogen (secondary N) is 1.